The molecule has 2 saturated heterocycles. The van der Waals surface area contributed by atoms with E-state index in [1.54, 1.807) is 11.3 Å². The van der Waals surface area contributed by atoms with Crippen LogP contribution in [0.25, 0.3) is 5.57 Å². The van der Waals surface area contributed by atoms with Crippen molar-refractivity contribution >= 4 is 22.9 Å². The highest BCUT2D eigenvalue weighted by Gasteiger charge is 2.32. The summed E-state index contributed by atoms with van der Waals surface area (Å²) in [7, 11) is 0. The number of carbonyl (C=O) groups is 1. The molecule has 4 heterocycles. The lowest BCUT2D eigenvalue weighted by atomic mass is 10.1. The summed E-state index contributed by atoms with van der Waals surface area (Å²) in [6.45, 7) is 5.04. The number of carbonyl (C=O) groups excluding carboxylic acids is 1. The van der Waals surface area contributed by atoms with Gasteiger partial charge in [0.1, 0.15) is 0 Å². The lowest BCUT2D eigenvalue weighted by Gasteiger charge is -2.35. The molecule has 1 aromatic rings. The number of nitrogens with one attached hydrogen (secondary N) is 1. The van der Waals surface area contributed by atoms with Gasteiger partial charge < -0.3 is 15.0 Å². The fraction of sp³-hybridized carbons (Fsp3) is 0.611. The second-order valence-electron chi connectivity index (χ2n) is 6.84. The van der Waals surface area contributed by atoms with Crippen LogP contribution in [0, 0.1) is 0 Å². The zero-order chi connectivity index (χ0) is 16.4. The molecule has 0 aromatic carbocycles. The Hall–Kier alpha value is -1.37. The summed E-state index contributed by atoms with van der Waals surface area (Å²) in [6.07, 6.45) is 5.78. The van der Waals surface area contributed by atoms with Crippen molar-refractivity contribution in [2.24, 2.45) is 0 Å². The van der Waals surface area contributed by atoms with Crippen molar-refractivity contribution in [3.8, 4) is 0 Å². The van der Waals surface area contributed by atoms with Crippen LogP contribution in [-0.4, -0.2) is 67.3 Å². The summed E-state index contributed by atoms with van der Waals surface area (Å²) in [4.78, 5) is 18.1. The van der Waals surface area contributed by atoms with Crippen LogP contribution in [0.3, 0.4) is 0 Å². The van der Waals surface area contributed by atoms with Gasteiger partial charge in [0.15, 0.2) is 0 Å². The number of urea groups is 1. The van der Waals surface area contributed by atoms with Gasteiger partial charge >= 0.3 is 6.03 Å². The molecule has 0 unspecified atom stereocenters. The molecule has 24 heavy (non-hydrogen) atoms. The van der Waals surface area contributed by atoms with E-state index < -0.39 is 0 Å². The van der Waals surface area contributed by atoms with Crippen LogP contribution >= 0.6 is 11.3 Å². The van der Waals surface area contributed by atoms with Crippen molar-refractivity contribution in [3.63, 3.8) is 0 Å². The molecular weight excluding hydrogens is 322 g/mol. The molecule has 0 saturated carbocycles. The van der Waals surface area contributed by atoms with Crippen LogP contribution in [0.5, 0.6) is 0 Å². The van der Waals surface area contributed by atoms with E-state index in [0.717, 1.165) is 26.1 Å². The lowest BCUT2D eigenvalue weighted by molar-refractivity contribution is -0.0460. The van der Waals surface area contributed by atoms with Crippen LogP contribution in [0.2, 0.25) is 0 Å². The second-order valence-corrected chi connectivity index (χ2v) is 7.78. The minimum absolute atomic E-state index is 0.0311. The molecule has 5 nitrogen and oxygen atoms in total. The molecule has 3 aliphatic heterocycles. The smallest absolute Gasteiger partial charge is 0.317 e. The summed E-state index contributed by atoms with van der Waals surface area (Å²) < 4.78 is 5.91. The van der Waals surface area contributed by atoms with Crippen molar-refractivity contribution in [2.45, 2.75) is 31.4 Å². The van der Waals surface area contributed by atoms with Gasteiger partial charge in [-0.2, -0.15) is 0 Å². The minimum atomic E-state index is 0.0311. The molecule has 6 heteroatoms. The van der Waals surface area contributed by atoms with Crippen molar-refractivity contribution in [2.75, 3.05) is 39.3 Å². The number of amides is 2. The predicted octanol–water partition coefficient (Wildman–Crippen LogP) is 2.41. The molecule has 1 aromatic heterocycles. The molecule has 1 N–H and O–H groups in total. The van der Waals surface area contributed by atoms with Crippen molar-refractivity contribution in [3.05, 3.63) is 28.5 Å². The van der Waals surface area contributed by atoms with Crippen LogP contribution in [0.4, 0.5) is 4.79 Å². The van der Waals surface area contributed by atoms with E-state index in [4.69, 9.17) is 4.74 Å². The molecule has 4 rings (SSSR count). The van der Waals surface area contributed by atoms with Gasteiger partial charge in [-0.1, -0.05) is 12.1 Å². The normalized spacial score (nSPS) is 27.7. The highest BCUT2D eigenvalue weighted by Crippen LogP contribution is 2.26. The quantitative estimate of drug-likeness (QED) is 0.913. The summed E-state index contributed by atoms with van der Waals surface area (Å²) in [5.74, 6) is 0. The monoisotopic (exact) mass is 347 g/mol. The molecule has 0 spiro atoms. The fourth-order valence-corrected chi connectivity index (χ4v) is 4.66. The largest absolute Gasteiger partial charge is 0.373 e. The van der Waals surface area contributed by atoms with Crippen LogP contribution in [0.1, 0.15) is 24.1 Å². The van der Waals surface area contributed by atoms with Crippen LogP contribution in [-0.2, 0) is 4.74 Å². The first-order valence-corrected chi connectivity index (χ1v) is 9.79. The molecule has 130 valence electrons. The van der Waals surface area contributed by atoms with Gasteiger partial charge in [0.2, 0.25) is 0 Å². The highest BCUT2D eigenvalue weighted by atomic mass is 32.1. The minimum Gasteiger partial charge on any atom is -0.373 e. The average Bonchev–Trinajstić information content (AvgIpc) is 3.31. The van der Waals surface area contributed by atoms with Crippen LogP contribution in [0.15, 0.2) is 23.6 Å². The maximum absolute atomic E-state index is 12.4. The van der Waals surface area contributed by atoms with Crippen molar-refractivity contribution in [1.29, 1.82) is 0 Å². The Bertz CT molecular complexity index is 601. The first kappa shape index (κ1) is 16.1. The van der Waals surface area contributed by atoms with E-state index in [-0.39, 0.29) is 12.1 Å². The summed E-state index contributed by atoms with van der Waals surface area (Å²) in [6, 6.07) is 4.87. The molecular formula is C18H25N3O2S. The first-order chi connectivity index (χ1) is 11.8. The van der Waals surface area contributed by atoms with Gasteiger partial charge in [-0.15, -0.1) is 11.3 Å². The third-order valence-corrected chi connectivity index (χ3v) is 6.22. The Morgan fingerprint density at radius 2 is 2.38 bits per heavy atom. The SMILES string of the molecule is O=C(NC[C@@H]1CN2CCC[C@@H]2CO1)N1CC=C(c2cccs2)CC1. The molecule has 2 atom stereocenters. The number of hydrogen-bond acceptors (Lipinski definition) is 4. The molecule has 2 fully saturated rings. The number of morpholine rings is 1. The van der Waals surface area contributed by atoms with Gasteiger partial charge in [-0.25, -0.2) is 4.79 Å². The maximum Gasteiger partial charge on any atom is 0.317 e. The Morgan fingerprint density at radius 1 is 1.42 bits per heavy atom. The van der Waals surface area contributed by atoms with E-state index in [9.17, 15) is 4.79 Å². The second kappa shape index (κ2) is 7.25. The molecule has 0 aliphatic carbocycles. The number of nitrogens with zero attached hydrogens (tertiary/aromatic N) is 2. The number of rotatable bonds is 3. The Labute approximate surface area is 147 Å². The molecule has 2 amide bonds. The van der Waals surface area contributed by atoms with Crippen molar-refractivity contribution < 1.29 is 9.53 Å². The highest BCUT2D eigenvalue weighted by molar-refractivity contribution is 7.11. The molecule has 0 radical (unpaired) electrons. The zero-order valence-electron chi connectivity index (χ0n) is 13.9. The third-order valence-electron chi connectivity index (χ3n) is 5.28. The third kappa shape index (κ3) is 3.50. The number of hydrogen-bond donors (Lipinski definition) is 1. The van der Waals surface area contributed by atoms with E-state index in [1.807, 2.05) is 4.90 Å². The van der Waals surface area contributed by atoms with Gasteiger partial charge in [0, 0.05) is 37.1 Å². The molecule has 0 bridgehead atoms. The fourth-order valence-electron chi connectivity index (χ4n) is 3.86. The van der Waals surface area contributed by atoms with Crippen LogP contribution < -0.4 is 5.32 Å². The van der Waals surface area contributed by atoms with Crippen molar-refractivity contribution in [1.82, 2.24) is 15.1 Å². The van der Waals surface area contributed by atoms with E-state index in [0.29, 0.717) is 19.1 Å². The lowest BCUT2D eigenvalue weighted by Crippen LogP contribution is -2.52. The Morgan fingerprint density at radius 3 is 3.17 bits per heavy atom. The first-order valence-electron chi connectivity index (χ1n) is 8.91. The summed E-state index contributed by atoms with van der Waals surface area (Å²) in [5.41, 5.74) is 1.37. The predicted molar refractivity (Wildman–Crippen MR) is 96.2 cm³/mol. The topological polar surface area (TPSA) is 44.8 Å². The summed E-state index contributed by atoms with van der Waals surface area (Å²) in [5, 5.41) is 5.16. The standard InChI is InChI=1S/C18H25N3O2S/c22-18(19-11-16-12-21-7-1-3-15(21)13-23-16)20-8-5-14(6-9-20)17-4-2-10-24-17/h2,4-5,10,15-16H,1,3,6-9,11-13H2,(H,19,22)/t15-,16-/m1/s1. The van der Waals surface area contributed by atoms with E-state index in [1.165, 1.54) is 29.8 Å². The Balaban J connectivity index is 1.24. The molecule has 3 aliphatic rings. The number of thiophene rings is 1. The van der Waals surface area contributed by atoms with E-state index in [2.05, 4.69) is 33.8 Å². The van der Waals surface area contributed by atoms with Gasteiger partial charge in [-0.3, -0.25) is 4.90 Å². The summed E-state index contributed by atoms with van der Waals surface area (Å²) >= 11 is 1.77. The zero-order valence-corrected chi connectivity index (χ0v) is 14.8. The number of fused-ring (bicyclic) bond motifs is 1. The van der Waals surface area contributed by atoms with Gasteiger partial charge in [0.05, 0.1) is 12.7 Å². The maximum atomic E-state index is 12.4. The van der Waals surface area contributed by atoms with Gasteiger partial charge in [-0.05, 0) is 42.8 Å². The Kier molecular flexibility index (Phi) is 4.87. The van der Waals surface area contributed by atoms with Gasteiger partial charge in [0.25, 0.3) is 0 Å². The van der Waals surface area contributed by atoms with E-state index >= 15 is 0 Å². The average molecular weight is 347 g/mol. The number of ether oxygens (including phenoxy) is 1.